The molecule has 0 heterocycles. The average molecular weight is 616 g/mol. The van der Waals surface area contributed by atoms with E-state index >= 15 is 0 Å². The number of rotatable bonds is 7. The number of anilines is 2. The van der Waals surface area contributed by atoms with E-state index in [1.807, 2.05) is 0 Å². The molecular weight excluding hydrogens is 604 g/mol. The third kappa shape index (κ3) is 6.37. The largest absolute Gasteiger partial charge is 0.325 e. The van der Waals surface area contributed by atoms with Crippen LogP contribution in [0.5, 0.6) is 0 Å². The van der Waals surface area contributed by atoms with Gasteiger partial charge in [-0.15, -0.1) is 0 Å². The number of carbonyl (C=O) groups excluding carboxylic acids is 2. The van der Waals surface area contributed by atoms with Crippen LogP contribution in [0.1, 0.15) is 0 Å². The number of hydrogen-bond acceptors (Lipinski definition) is 4. The van der Waals surface area contributed by atoms with Crippen molar-refractivity contribution in [3.8, 4) is 0 Å². The molecule has 12 heteroatoms. The van der Waals surface area contributed by atoms with Crippen molar-refractivity contribution in [1.82, 2.24) is 0 Å². The van der Waals surface area contributed by atoms with Crippen LogP contribution in [0.4, 0.5) is 11.4 Å². The zero-order chi connectivity index (χ0) is 18.5. The van der Waals surface area contributed by atoms with Gasteiger partial charge in [-0.3, -0.25) is 14.1 Å². The fraction of sp³-hybridized carbons (Fsp3) is 0.333. The normalized spacial score (nSPS) is 13.9. The summed E-state index contributed by atoms with van der Waals surface area (Å²) >= 11 is 12.5. The van der Waals surface area contributed by atoms with E-state index in [9.17, 15) is 22.6 Å². The summed E-state index contributed by atoms with van der Waals surface area (Å²) < 4.78 is 32.2. The Hall–Kier alpha value is -0.0100. The molecule has 0 fully saturated rings. The summed E-state index contributed by atoms with van der Waals surface area (Å²) in [6.07, 6.45) is 0. The Bertz CT molecular complexity index is 728. The first-order valence-electron chi connectivity index (χ1n) is 6.23. The van der Waals surface area contributed by atoms with Crippen LogP contribution in [0.2, 0.25) is 0 Å². The minimum atomic E-state index is -4.55. The predicted molar refractivity (Wildman–Crippen MR) is 107 cm³/mol. The lowest BCUT2D eigenvalue weighted by molar-refractivity contribution is -0.116. The fourth-order valence-electron chi connectivity index (χ4n) is 1.50. The Morgan fingerprint density at radius 2 is 1.54 bits per heavy atom. The molecule has 2 unspecified atom stereocenters. The van der Waals surface area contributed by atoms with Gasteiger partial charge in [-0.1, -0.05) is 63.7 Å². The average Bonchev–Trinajstić information content (AvgIpc) is 2.52. The van der Waals surface area contributed by atoms with E-state index in [-0.39, 0.29) is 17.3 Å². The van der Waals surface area contributed by atoms with Crippen molar-refractivity contribution < 1.29 is 22.6 Å². The maximum Gasteiger partial charge on any atom is 0.296 e. The molecule has 0 spiro atoms. The second kappa shape index (κ2) is 9.62. The van der Waals surface area contributed by atoms with Gasteiger partial charge in [0.1, 0.15) is 14.5 Å². The highest BCUT2D eigenvalue weighted by Gasteiger charge is 2.21. The van der Waals surface area contributed by atoms with Gasteiger partial charge in [0.25, 0.3) is 10.1 Å². The van der Waals surface area contributed by atoms with Crippen LogP contribution >= 0.6 is 63.7 Å². The maximum atomic E-state index is 11.9. The Balaban J connectivity index is 3.18. The molecule has 3 N–H and O–H groups in total. The van der Waals surface area contributed by atoms with Crippen molar-refractivity contribution >= 4 is 97.0 Å². The van der Waals surface area contributed by atoms with Crippen LogP contribution in [0.3, 0.4) is 0 Å². The Labute approximate surface area is 172 Å². The lowest BCUT2D eigenvalue weighted by Crippen LogP contribution is -2.26. The Kier molecular flexibility index (Phi) is 8.83. The minimum Gasteiger partial charge on any atom is -0.325 e. The second-order valence-corrected chi connectivity index (χ2v) is 9.30. The van der Waals surface area contributed by atoms with E-state index < -0.39 is 30.6 Å². The van der Waals surface area contributed by atoms with Crippen LogP contribution in [-0.4, -0.2) is 45.1 Å². The smallest absolute Gasteiger partial charge is 0.296 e. The number of benzene rings is 1. The molecule has 2 atom stereocenters. The zero-order valence-electron chi connectivity index (χ0n) is 11.8. The SMILES string of the molecule is O=C(Nc1ccc(S(=O)(=O)O)c(NC(=O)C(Br)CBr)c1)C(Br)CBr. The predicted octanol–water partition coefficient (Wildman–Crippen LogP) is 3.13. The van der Waals surface area contributed by atoms with E-state index in [4.69, 9.17) is 0 Å². The number of amides is 2. The van der Waals surface area contributed by atoms with Gasteiger partial charge in [0.15, 0.2) is 0 Å². The van der Waals surface area contributed by atoms with Gasteiger partial charge in [-0.25, -0.2) is 0 Å². The first kappa shape index (κ1) is 22.0. The van der Waals surface area contributed by atoms with Crippen molar-refractivity contribution in [2.75, 3.05) is 21.3 Å². The molecule has 134 valence electrons. The maximum absolute atomic E-state index is 11.9. The topological polar surface area (TPSA) is 113 Å². The summed E-state index contributed by atoms with van der Waals surface area (Å²) in [4.78, 5) is 22.2. The summed E-state index contributed by atoms with van der Waals surface area (Å²) in [6.45, 7) is 0. The van der Waals surface area contributed by atoms with Crippen molar-refractivity contribution in [1.29, 1.82) is 0 Å². The number of nitrogens with one attached hydrogen (secondary N) is 2. The van der Waals surface area contributed by atoms with Crippen molar-refractivity contribution in [3.63, 3.8) is 0 Å². The van der Waals surface area contributed by atoms with Gasteiger partial charge in [0.2, 0.25) is 11.8 Å². The van der Waals surface area contributed by atoms with E-state index in [0.717, 1.165) is 6.07 Å². The summed E-state index contributed by atoms with van der Waals surface area (Å²) in [5.41, 5.74) is 0.119. The summed E-state index contributed by atoms with van der Waals surface area (Å²) in [5, 5.41) is 5.64. The van der Waals surface area contributed by atoms with Gasteiger partial charge in [-0.2, -0.15) is 8.42 Å². The van der Waals surface area contributed by atoms with E-state index in [0.29, 0.717) is 10.7 Å². The van der Waals surface area contributed by atoms with E-state index in [1.54, 1.807) is 0 Å². The number of carbonyl (C=O) groups is 2. The highest BCUT2D eigenvalue weighted by molar-refractivity contribution is 9.12. The quantitative estimate of drug-likeness (QED) is 0.322. The zero-order valence-corrected chi connectivity index (χ0v) is 19.0. The van der Waals surface area contributed by atoms with Gasteiger partial charge >= 0.3 is 0 Å². The number of alkyl halides is 4. The molecule has 0 aliphatic heterocycles. The van der Waals surface area contributed by atoms with Crippen LogP contribution in [0, 0.1) is 0 Å². The molecule has 0 saturated heterocycles. The number of halogens is 4. The molecule has 0 radical (unpaired) electrons. The highest BCUT2D eigenvalue weighted by Crippen LogP contribution is 2.26. The molecule has 0 saturated carbocycles. The summed E-state index contributed by atoms with van der Waals surface area (Å²) in [7, 11) is -4.55. The van der Waals surface area contributed by atoms with Gasteiger partial charge in [-0.05, 0) is 18.2 Å². The molecule has 0 aliphatic rings. The lowest BCUT2D eigenvalue weighted by atomic mass is 10.2. The van der Waals surface area contributed by atoms with E-state index in [2.05, 4.69) is 74.4 Å². The molecule has 24 heavy (non-hydrogen) atoms. The molecule has 2 amide bonds. The third-order valence-corrected chi connectivity index (χ3v) is 8.05. The molecular formula is C12H12Br4N2O5S. The van der Waals surface area contributed by atoms with Gasteiger partial charge < -0.3 is 10.6 Å². The highest BCUT2D eigenvalue weighted by atomic mass is 79.9. The second-order valence-electron chi connectivity index (χ2n) is 4.41. The van der Waals surface area contributed by atoms with Crippen molar-refractivity contribution in [3.05, 3.63) is 18.2 Å². The van der Waals surface area contributed by atoms with Gasteiger partial charge in [0, 0.05) is 16.3 Å². The van der Waals surface area contributed by atoms with Crippen LogP contribution < -0.4 is 10.6 Å². The standard InChI is InChI=1S/C12H12Br4N2O5S/c13-4-7(15)11(19)17-6-1-2-10(24(21,22)23)9(3-6)18-12(20)8(16)5-14/h1-3,7-8H,4-5H2,(H,17,19)(H,18,20)(H,21,22,23). The molecule has 0 aromatic heterocycles. The van der Waals surface area contributed by atoms with Gasteiger partial charge in [0.05, 0.1) is 5.69 Å². The first-order chi connectivity index (χ1) is 11.1. The first-order valence-corrected chi connectivity index (χ1v) is 11.7. The molecule has 0 bridgehead atoms. The molecule has 7 nitrogen and oxygen atoms in total. The summed E-state index contributed by atoms with van der Waals surface area (Å²) in [6, 6.07) is 3.65. The van der Waals surface area contributed by atoms with Crippen LogP contribution in [-0.2, 0) is 19.7 Å². The fourth-order valence-corrected chi connectivity index (χ4v) is 2.95. The van der Waals surface area contributed by atoms with Crippen LogP contribution in [0.25, 0.3) is 0 Å². The van der Waals surface area contributed by atoms with Crippen molar-refractivity contribution in [2.24, 2.45) is 0 Å². The number of hydrogen-bond donors (Lipinski definition) is 3. The molecule has 0 aliphatic carbocycles. The minimum absolute atomic E-state index is 0.143. The van der Waals surface area contributed by atoms with Crippen molar-refractivity contribution in [2.45, 2.75) is 14.5 Å². The molecule has 1 rings (SSSR count). The van der Waals surface area contributed by atoms with Crippen LogP contribution in [0.15, 0.2) is 23.1 Å². The lowest BCUT2D eigenvalue weighted by Gasteiger charge is -2.14. The Morgan fingerprint density at radius 3 is 2.00 bits per heavy atom. The monoisotopic (exact) mass is 612 g/mol. The summed E-state index contributed by atoms with van der Waals surface area (Å²) in [5.74, 6) is -0.873. The third-order valence-electron chi connectivity index (χ3n) is 2.62. The molecule has 1 aromatic rings. The Morgan fingerprint density at radius 1 is 1.04 bits per heavy atom. The van der Waals surface area contributed by atoms with E-state index in [1.165, 1.54) is 12.1 Å². The molecule has 1 aromatic carbocycles.